The van der Waals surface area contributed by atoms with Crippen molar-refractivity contribution in [2.75, 3.05) is 0 Å². The van der Waals surface area contributed by atoms with E-state index in [-0.39, 0.29) is 5.43 Å². The summed E-state index contributed by atoms with van der Waals surface area (Å²) >= 11 is 3.17. The number of benzene rings is 4. The molecule has 0 radical (unpaired) electrons. The third-order valence-electron chi connectivity index (χ3n) is 6.13. The van der Waals surface area contributed by atoms with Crippen molar-refractivity contribution in [3.63, 3.8) is 0 Å². The van der Waals surface area contributed by atoms with Gasteiger partial charge in [0.15, 0.2) is 5.43 Å². The van der Waals surface area contributed by atoms with Crippen LogP contribution in [0.25, 0.3) is 25.4 Å². The van der Waals surface area contributed by atoms with Crippen LogP contribution in [0.5, 0.6) is 0 Å². The van der Waals surface area contributed by atoms with Crippen molar-refractivity contribution in [1.29, 1.82) is 0 Å². The standard InChI is InChI=1S/C30H20O2S2/c31-28-22-15-7-9-17-24(22)34-29(21-13-5-2-6-14-21)27(28)30(32)19-26(20-11-3-1-4-12-20)33-25-18-10-8-16-23(25)30/h1-19,32H. The Morgan fingerprint density at radius 1 is 0.676 bits per heavy atom. The lowest BCUT2D eigenvalue weighted by molar-refractivity contribution is 0.132. The van der Waals surface area contributed by atoms with Gasteiger partial charge in [-0.3, -0.25) is 4.79 Å². The lowest BCUT2D eigenvalue weighted by atomic mass is 9.83. The van der Waals surface area contributed by atoms with Crippen LogP contribution in [0, 0.1) is 0 Å². The van der Waals surface area contributed by atoms with Crippen molar-refractivity contribution >= 4 is 38.1 Å². The Bertz CT molecular complexity index is 1600. The first kappa shape index (κ1) is 21.1. The Hall–Kier alpha value is -3.44. The SMILES string of the molecule is O=c1c(C2(O)C=C(c3ccccc3)Sc3ccccc32)c(-c2ccccc2)sc2ccccc12. The van der Waals surface area contributed by atoms with E-state index in [1.54, 1.807) is 23.1 Å². The largest absolute Gasteiger partial charge is 0.376 e. The molecule has 0 saturated carbocycles. The van der Waals surface area contributed by atoms with E-state index in [0.717, 1.165) is 36.1 Å². The van der Waals surface area contributed by atoms with Gasteiger partial charge in [-0.25, -0.2) is 0 Å². The van der Waals surface area contributed by atoms with E-state index in [9.17, 15) is 9.90 Å². The Morgan fingerprint density at radius 3 is 2.06 bits per heavy atom. The Kier molecular flexibility index (Phi) is 5.22. The minimum atomic E-state index is -1.57. The van der Waals surface area contributed by atoms with Gasteiger partial charge in [-0.2, -0.15) is 0 Å². The highest BCUT2D eigenvalue weighted by atomic mass is 32.2. The number of fused-ring (bicyclic) bond motifs is 2. The van der Waals surface area contributed by atoms with Gasteiger partial charge in [0.1, 0.15) is 5.60 Å². The lowest BCUT2D eigenvalue weighted by Crippen LogP contribution is -2.34. The molecule has 1 atom stereocenters. The van der Waals surface area contributed by atoms with Crippen LogP contribution < -0.4 is 5.43 Å². The average molecular weight is 477 g/mol. The monoisotopic (exact) mass is 476 g/mol. The van der Waals surface area contributed by atoms with E-state index in [4.69, 9.17) is 0 Å². The van der Waals surface area contributed by atoms with E-state index < -0.39 is 5.60 Å². The molecule has 6 rings (SSSR count). The number of aliphatic hydroxyl groups is 1. The summed E-state index contributed by atoms with van der Waals surface area (Å²) in [5.41, 5.74) is 1.36. The van der Waals surface area contributed by atoms with Gasteiger partial charge >= 0.3 is 0 Å². The fourth-order valence-electron chi connectivity index (χ4n) is 4.52. The van der Waals surface area contributed by atoms with Gasteiger partial charge in [0.2, 0.25) is 0 Å². The van der Waals surface area contributed by atoms with Crippen molar-refractivity contribution < 1.29 is 5.11 Å². The molecule has 0 aliphatic carbocycles. The van der Waals surface area contributed by atoms with E-state index in [1.165, 1.54) is 0 Å². The molecule has 2 heterocycles. The number of rotatable bonds is 3. The second-order valence-electron chi connectivity index (χ2n) is 8.24. The molecule has 0 saturated heterocycles. The first-order chi connectivity index (χ1) is 16.6. The highest BCUT2D eigenvalue weighted by Crippen LogP contribution is 2.50. The zero-order chi connectivity index (χ0) is 23.1. The molecule has 0 bridgehead atoms. The molecule has 1 unspecified atom stereocenters. The topological polar surface area (TPSA) is 37.3 Å². The van der Waals surface area contributed by atoms with Crippen LogP contribution in [0.4, 0.5) is 0 Å². The summed E-state index contributed by atoms with van der Waals surface area (Å²) in [5.74, 6) is 0. The van der Waals surface area contributed by atoms with Crippen molar-refractivity contribution in [3.8, 4) is 10.4 Å². The fraction of sp³-hybridized carbons (Fsp3) is 0.0333. The number of thioether (sulfide) groups is 1. The highest BCUT2D eigenvalue weighted by Gasteiger charge is 2.40. The molecule has 2 nitrogen and oxygen atoms in total. The third kappa shape index (κ3) is 3.43. The van der Waals surface area contributed by atoms with Gasteiger partial charge < -0.3 is 5.11 Å². The summed E-state index contributed by atoms with van der Waals surface area (Å²) in [4.78, 5) is 16.8. The van der Waals surface area contributed by atoms with Crippen molar-refractivity contribution in [2.45, 2.75) is 10.5 Å². The zero-order valence-corrected chi connectivity index (χ0v) is 19.8. The molecule has 1 aliphatic heterocycles. The van der Waals surface area contributed by atoms with Gasteiger partial charge in [-0.05, 0) is 35.4 Å². The number of hydrogen-bond acceptors (Lipinski definition) is 4. The van der Waals surface area contributed by atoms with Crippen molar-refractivity contribution in [3.05, 3.63) is 142 Å². The summed E-state index contributed by atoms with van der Waals surface area (Å²) in [6.45, 7) is 0. The van der Waals surface area contributed by atoms with E-state index in [0.29, 0.717) is 10.9 Å². The number of hydrogen-bond donors (Lipinski definition) is 1. The van der Waals surface area contributed by atoms with E-state index in [2.05, 4.69) is 0 Å². The molecular weight excluding hydrogens is 456 g/mol. The summed E-state index contributed by atoms with van der Waals surface area (Å²) in [6, 6.07) is 35.4. The molecule has 1 aliphatic rings. The van der Waals surface area contributed by atoms with Crippen LogP contribution in [0.15, 0.2) is 125 Å². The molecule has 0 amide bonds. The lowest BCUT2D eigenvalue weighted by Gasteiger charge is -2.33. The predicted octanol–water partition coefficient (Wildman–Crippen LogP) is 7.31. The summed E-state index contributed by atoms with van der Waals surface area (Å²) in [5, 5.41) is 13.2. The Morgan fingerprint density at radius 2 is 1.29 bits per heavy atom. The smallest absolute Gasteiger partial charge is 0.195 e. The van der Waals surface area contributed by atoms with Gasteiger partial charge in [0.05, 0.1) is 5.56 Å². The van der Waals surface area contributed by atoms with Crippen LogP contribution in [0.3, 0.4) is 0 Å². The highest BCUT2D eigenvalue weighted by molar-refractivity contribution is 8.08. The first-order valence-electron chi connectivity index (χ1n) is 11.0. The summed E-state index contributed by atoms with van der Waals surface area (Å²) < 4.78 is 0.907. The molecule has 34 heavy (non-hydrogen) atoms. The second kappa shape index (κ2) is 8.41. The maximum atomic E-state index is 14.1. The average Bonchev–Trinajstić information content (AvgIpc) is 2.89. The van der Waals surface area contributed by atoms with Crippen LogP contribution in [-0.2, 0) is 5.60 Å². The molecule has 1 N–H and O–H groups in total. The molecule has 0 fully saturated rings. The molecule has 4 aromatic carbocycles. The van der Waals surface area contributed by atoms with Crippen molar-refractivity contribution in [2.24, 2.45) is 0 Å². The molecule has 4 heteroatoms. The van der Waals surface area contributed by atoms with Gasteiger partial charge in [0.25, 0.3) is 0 Å². The summed E-state index contributed by atoms with van der Waals surface area (Å²) in [6.07, 6.45) is 1.86. The molecule has 164 valence electrons. The molecule has 0 spiro atoms. The summed E-state index contributed by atoms with van der Waals surface area (Å²) in [7, 11) is 0. The molecule has 1 aromatic heterocycles. The van der Waals surface area contributed by atoms with Crippen LogP contribution in [0.1, 0.15) is 16.7 Å². The maximum Gasteiger partial charge on any atom is 0.195 e. The van der Waals surface area contributed by atoms with Crippen molar-refractivity contribution in [1.82, 2.24) is 0 Å². The van der Waals surface area contributed by atoms with E-state index >= 15 is 0 Å². The van der Waals surface area contributed by atoms with Crippen LogP contribution in [0.2, 0.25) is 0 Å². The third-order valence-corrected chi connectivity index (χ3v) is 8.50. The van der Waals surface area contributed by atoms with Gasteiger partial charge in [-0.15, -0.1) is 11.3 Å². The normalized spacial score (nSPS) is 17.3. The first-order valence-corrected chi connectivity index (χ1v) is 12.7. The quantitative estimate of drug-likeness (QED) is 0.297. The van der Waals surface area contributed by atoms with Gasteiger partial charge in [-0.1, -0.05) is 103 Å². The molecular formula is C30H20O2S2. The van der Waals surface area contributed by atoms with Crippen LogP contribution >= 0.6 is 23.1 Å². The predicted molar refractivity (Wildman–Crippen MR) is 143 cm³/mol. The zero-order valence-electron chi connectivity index (χ0n) is 18.1. The van der Waals surface area contributed by atoms with Crippen LogP contribution in [-0.4, -0.2) is 5.11 Å². The Labute approximate surface area is 205 Å². The molecule has 5 aromatic rings. The van der Waals surface area contributed by atoms with Gasteiger partial charge in [0, 0.05) is 30.3 Å². The van der Waals surface area contributed by atoms with E-state index in [1.807, 2.05) is 115 Å². The minimum absolute atomic E-state index is 0.138. The minimum Gasteiger partial charge on any atom is -0.376 e. The maximum absolute atomic E-state index is 14.1. The fourth-order valence-corrected chi connectivity index (χ4v) is 6.96. The second-order valence-corrected chi connectivity index (χ2v) is 10.4. The Balaban J connectivity index is 1.73.